The molecule has 1 heterocycles. The second-order valence-corrected chi connectivity index (χ2v) is 3.71. The van der Waals surface area contributed by atoms with Crippen molar-refractivity contribution in [3.63, 3.8) is 0 Å². The van der Waals surface area contributed by atoms with Gasteiger partial charge in [-0.05, 0) is 13.3 Å². The fraction of sp³-hybridized carbons (Fsp3) is 0.778. The van der Waals surface area contributed by atoms with Gasteiger partial charge in [0.2, 0.25) is 11.8 Å². The molecule has 1 aliphatic heterocycles. The highest BCUT2D eigenvalue weighted by Gasteiger charge is 2.44. The van der Waals surface area contributed by atoms with E-state index in [0.717, 1.165) is 4.90 Å². The van der Waals surface area contributed by atoms with Crippen LogP contribution in [-0.4, -0.2) is 41.8 Å². The first-order chi connectivity index (χ1) is 6.91. The maximum atomic E-state index is 12.3. The number of nitrogens with zero attached hydrogens (tertiary/aromatic N) is 1. The second kappa shape index (κ2) is 4.12. The van der Waals surface area contributed by atoms with Crippen LogP contribution in [0.5, 0.6) is 0 Å². The van der Waals surface area contributed by atoms with Crippen molar-refractivity contribution in [2.75, 3.05) is 13.1 Å². The molecule has 86 valence electrons. The number of rotatable bonds is 3. The maximum Gasteiger partial charge on any atom is 0.255 e. The average Bonchev–Trinajstić information content (AvgIpc) is 2.18. The third-order valence-electron chi connectivity index (χ3n) is 2.80. The fourth-order valence-corrected chi connectivity index (χ4v) is 1.63. The Kier molecular flexibility index (Phi) is 3.26. The summed E-state index contributed by atoms with van der Waals surface area (Å²) in [5, 5.41) is 2.40. The van der Waals surface area contributed by atoms with E-state index >= 15 is 0 Å². The summed E-state index contributed by atoms with van der Waals surface area (Å²) in [6, 6.07) is 0. The first kappa shape index (κ1) is 11.9. The normalized spacial score (nSPS) is 27.1. The van der Waals surface area contributed by atoms with E-state index in [1.165, 1.54) is 6.92 Å². The Morgan fingerprint density at radius 2 is 2.13 bits per heavy atom. The van der Waals surface area contributed by atoms with Crippen molar-refractivity contribution in [1.82, 2.24) is 10.2 Å². The van der Waals surface area contributed by atoms with Crippen molar-refractivity contribution < 1.29 is 18.4 Å². The van der Waals surface area contributed by atoms with Crippen molar-refractivity contribution in [3.8, 4) is 0 Å². The van der Waals surface area contributed by atoms with Crippen molar-refractivity contribution in [1.29, 1.82) is 0 Å². The zero-order valence-corrected chi connectivity index (χ0v) is 8.72. The number of hydrogen-bond acceptors (Lipinski definition) is 2. The molecule has 0 aromatic heterocycles. The molecule has 0 spiro atoms. The number of alkyl halides is 2. The van der Waals surface area contributed by atoms with Gasteiger partial charge in [0.15, 0.2) is 0 Å². The molecule has 4 nitrogen and oxygen atoms in total. The molecule has 0 radical (unpaired) electrons. The standard InChI is InChI=1S/C9H14F2N2O2/c1-3-9(2)8(15)12-4-7(14)13(9)5-6(10)11/h6H,3-5H2,1-2H3,(H,12,15). The van der Waals surface area contributed by atoms with Crippen LogP contribution in [0.3, 0.4) is 0 Å². The van der Waals surface area contributed by atoms with E-state index in [1.54, 1.807) is 6.92 Å². The molecule has 0 aromatic carbocycles. The van der Waals surface area contributed by atoms with Gasteiger partial charge in [-0.1, -0.05) is 6.92 Å². The summed E-state index contributed by atoms with van der Waals surface area (Å²) in [7, 11) is 0. The van der Waals surface area contributed by atoms with E-state index < -0.39 is 24.4 Å². The molecule has 1 rings (SSSR count). The van der Waals surface area contributed by atoms with Gasteiger partial charge in [0.1, 0.15) is 5.54 Å². The topological polar surface area (TPSA) is 49.4 Å². The van der Waals surface area contributed by atoms with Gasteiger partial charge in [-0.3, -0.25) is 9.59 Å². The van der Waals surface area contributed by atoms with Crippen LogP contribution in [0.1, 0.15) is 20.3 Å². The van der Waals surface area contributed by atoms with Crippen LogP contribution in [-0.2, 0) is 9.59 Å². The Balaban J connectivity index is 2.93. The number of amides is 2. The Morgan fingerprint density at radius 3 is 2.60 bits per heavy atom. The largest absolute Gasteiger partial charge is 0.345 e. The third-order valence-corrected chi connectivity index (χ3v) is 2.80. The first-order valence-corrected chi connectivity index (χ1v) is 4.78. The van der Waals surface area contributed by atoms with Crippen LogP contribution in [0.25, 0.3) is 0 Å². The molecule has 2 amide bonds. The summed E-state index contributed by atoms with van der Waals surface area (Å²) >= 11 is 0. The number of nitrogens with one attached hydrogen (secondary N) is 1. The fourth-order valence-electron chi connectivity index (χ4n) is 1.63. The van der Waals surface area contributed by atoms with Crippen LogP contribution in [0.4, 0.5) is 8.78 Å². The van der Waals surface area contributed by atoms with E-state index in [0.29, 0.717) is 6.42 Å². The second-order valence-electron chi connectivity index (χ2n) is 3.71. The SMILES string of the molecule is CCC1(C)C(=O)NCC(=O)N1CC(F)F. The van der Waals surface area contributed by atoms with Crippen LogP contribution in [0.2, 0.25) is 0 Å². The van der Waals surface area contributed by atoms with Crippen molar-refractivity contribution >= 4 is 11.8 Å². The van der Waals surface area contributed by atoms with Crippen LogP contribution >= 0.6 is 0 Å². The molecule has 1 fully saturated rings. The minimum Gasteiger partial charge on any atom is -0.345 e. The molecular weight excluding hydrogens is 206 g/mol. The zero-order chi connectivity index (χ0) is 11.6. The summed E-state index contributed by atoms with van der Waals surface area (Å²) in [5.41, 5.74) is -1.15. The summed E-state index contributed by atoms with van der Waals surface area (Å²) in [6.07, 6.45) is -2.30. The van der Waals surface area contributed by atoms with Crippen LogP contribution in [0.15, 0.2) is 0 Å². The molecule has 1 atom stereocenters. The minimum atomic E-state index is -2.62. The molecule has 1 N–H and O–H groups in total. The lowest BCUT2D eigenvalue weighted by Crippen LogP contribution is -2.66. The van der Waals surface area contributed by atoms with Crippen LogP contribution < -0.4 is 5.32 Å². The molecule has 0 saturated carbocycles. The maximum absolute atomic E-state index is 12.3. The van der Waals surface area contributed by atoms with Gasteiger partial charge in [-0.15, -0.1) is 0 Å². The average molecular weight is 220 g/mol. The summed E-state index contributed by atoms with van der Waals surface area (Å²) < 4.78 is 24.5. The number of piperazine rings is 1. The molecule has 1 saturated heterocycles. The lowest BCUT2D eigenvalue weighted by atomic mass is 9.93. The molecule has 1 aliphatic rings. The molecular formula is C9H14F2N2O2. The van der Waals surface area contributed by atoms with Gasteiger partial charge in [0, 0.05) is 0 Å². The number of hydrogen-bond donors (Lipinski definition) is 1. The molecule has 0 aromatic rings. The van der Waals surface area contributed by atoms with Crippen molar-refractivity contribution in [2.24, 2.45) is 0 Å². The van der Waals surface area contributed by atoms with E-state index in [1.807, 2.05) is 0 Å². The minimum absolute atomic E-state index is 0.193. The Hall–Kier alpha value is -1.20. The Bertz CT molecular complexity index is 283. The van der Waals surface area contributed by atoms with Gasteiger partial charge < -0.3 is 10.2 Å². The van der Waals surface area contributed by atoms with Crippen LogP contribution in [0, 0.1) is 0 Å². The van der Waals surface area contributed by atoms with E-state index in [4.69, 9.17) is 0 Å². The predicted octanol–water partition coefficient (Wildman–Crippen LogP) is 0.379. The van der Waals surface area contributed by atoms with E-state index in [-0.39, 0.29) is 12.5 Å². The molecule has 6 heteroatoms. The van der Waals surface area contributed by atoms with Gasteiger partial charge in [0.25, 0.3) is 6.43 Å². The van der Waals surface area contributed by atoms with E-state index in [2.05, 4.69) is 5.32 Å². The highest BCUT2D eigenvalue weighted by molar-refractivity contribution is 5.97. The smallest absolute Gasteiger partial charge is 0.255 e. The predicted molar refractivity (Wildman–Crippen MR) is 49.4 cm³/mol. The zero-order valence-electron chi connectivity index (χ0n) is 8.72. The monoisotopic (exact) mass is 220 g/mol. The highest BCUT2D eigenvalue weighted by atomic mass is 19.3. The number of halogens is 2. The van der Waals surface area contributed by atoms with Crippen molar-refractivity contribution in [3.05, 3.63) is 0 Å². The molecule has 0 bridgehead atoms. The van der Waals surface area contributed by atoms with Crippen molar-refractivity contribution in [2.45, 2.75) is 32.2 Å². The van der Waals surface area contributed by atoms with Gasteiger partial charge in [-0.2, -0.15) is 0 Å². The molecule has 1 unspecified atom stereocenters. The summed E-state index contributed by atoms with van der Waals surface area (Å²) in [6.45, 7) is 2.32. The lowest BCUT2D eigenvalue weighted by molar-refractivity contribution is -0.155. The van der Waals surface area contributed by atoms with Gasteiger partial charge in [-0.25, -0.2) is 8.78 Å². The Morgan fingerprint density at radius 1 is 1.53 bits per heavy atom. The van der Waals surface area contributed by atoms with Gasteiger partial charge >= 0.3 is 0 Å². The summed E-state index contributed by atoms with van der Waals surface area (Å²) in [4.78, 5) is 23.9. The number of carbonyl (C=O) groups excluding carboxylic acids is 2. The quantitative estimate of drug-likeness (QED) is 0.747. The highest BCUT2D eigenvalue weighted by Crippen LogP contribution is 2.23. The summed E-state index contributed by atoms with van der Waals surface area (Å²) in [5.74, 6) is -0.829. The van der Waals surface area contributed by atoms with E-state index in [9.17, 15) is 18.4 Å². The third kappa shape index (κ3) is 2.08. The Labute approximate surface area is 86.6 Å². The molecule has 15 heavy (non-hydrogen) atoms. The first-order valence-electron chi connectivity index (χ1n) is 4.78. The van der Waals surface area contributed by atoms with Gasteiger partial charge in [0.05, 0.1) is 13.1 Å². The number of carbonyl (C=O) groups is 2. The lowest BCUT2D eigenvalue weighted by Gasteiger charge is -2.42. The molecule has 0 aliphatic carbocycles.